The van der Waals surface area contributed by atoms with Gasteiger partial charge in [0.15, 0.2) is 0 Å². The number of ether oxygens (including phenoxy) is 1. The first-order chi connectivity index (χ1) is 9.72. The average molecular weight is 332 g/mol. The minimum Gasteiger partial charge on any atom is -0.488 e. The summed E-state index contributed by atoms with van der Waals surface area (Å²) in [6.07, 6.45) is 1.24. The SMILES string of the molecule is C[C@H](NCC1Cc2ccccc2O1)c1ccc(Br)cc1. The van der Waals surface area contributed by atoms with E-state index >= 15 is 0 Å². The molecule has 0 bridgehead atoms. The van der Waals surface area contributed by atoms with Crippen LogP contribution in [0.4, 0.5) is 0 Å². The van der Waals surface area contributed by atoms with Crippen LogP contribution in [0.1, 0.15) is 24.1 Å². The minimum atomic E-state index is 0.241. The number of nitrogens with one attached hydrogen (secondary N) is 1. The van der Waals surface area contributed by atoms with Crippen LogP contribution in [0.25, 0.3) is 0 Å². The zero-order valence-corrected chi connectivity index (χ0v) is 13.1. The molecule has 1 unspecified atom stereocenters. The summed E-state index contributed by atoms with van der Waals surface area (Å²) in [5.41, 5.74) is 2.61. The third-order valence-corrected chi connectivity index (χ3v) is 4.26. The number of rotatable bonds is 4. The van der Waals surface area contributed by atoms with Gasteiger partial charge < -0.3 is 10.1 Å². The van der Waals surface area contributed by atoms with Gasteiger partial charge in [-0.2, -0.15) is 0 Å². The summed E-state index contributed by atoms with van der Waals surface area (Å²) in [7, 11) is 0. The highest BCUT2D eigenvalue weighted by atomic mass is 79.9. The van der Waals surface area contributed by atoms with Crippen LogP contribution >= 0.6 is 15.9 Å². The van der Waals surface area contributed by atoms with Gasteiger partial charge in [-0.3, -0.25) is 0 Å². The number of hydrogen-bond acceptors (Lipinski definition) is 2. The number of para-hydroxylation sites is 1. The van der Waals surface area contributed by atoms with E-state index in [0.717, 1.165) is 23.2 Å². The van der Waals surface area contributed by atoms with Gasteiger partial charge >= 0.3 is 0 Å². The van der Waals surface area contributed by atoms with Gasteiger partial charge in [-0.05, 0) is 36.2 Å². The van der Waals surface area contributed by atoms with Crippen LogP contribution in [0.5, 0.6) is 5.75 Å². The second-order valence-electron chi connectivity index (χ2n) is 5.23. The Labute approximate surface area is 128 Å². The summed E-state index contributed by atoms with van der Waals surface area (Å²) in [5, 5.41) is 3.55. The van der Waals surface area contributed by atoms with Crippen LogP contribution in [0.3, 0.4) is 0 Å². The summed E-state index contributed by atoms with van der Waals surface area (Å²) in [5.74, 6) is 1.04. The largest absolute Gasteiger partial charge is 0.488 e. The van der Waals surface area contributed by atoms with E-state index in [1.165, 1.54) is 11.1 Å². The van der Waals surface area contributed by atoms with Gasteiger partial charge in [0.2, 0.25) is 0 Å². The Kier molecular flexibility index (Phi) is 4.08. The van der Waals surface area contributed by atoms with E-state index in [0.29, 0.717) is 6.04 Å². The highest BCUT2D eigenvalue weighted by molar-refractivity contribution is 9.10. The second-order valence-corrected chi connectivity index (χ2v) is 6.15. The third kappa shape index (κ3) is 3.05. The van der Waals surface area contributed by atoms with E-state index in [-0.39, 0.29) is 6.10 Å². The fourth-order valence-corrected chi connectivity index (χ4v) is 2.81. The van der Waals surface area contributed by atoms with Gasteiger partial charge in [-0.15, -0.1) is 0 Å². The molecule has 1 aliphatic rings. The molecular weight excluding hydrogens is 314 g/mol. The fourth-order valence-electron chi connectivity index (χ4n) is 2.55. The monoisotopic (exact) mass is 331 g/mol. The van der Waals surface area contributed by atoms with Gasteiger partial charge in [0.25, 0.3) is 0 Å². The summed E-state index contributed by atoms with van der Waals surface area (Å²) < 4.78 is 7.06. The van der Waals surface area contributed by atoms with E-state index < -0.39 is 0 Å². The van der Waals surface area contributed by atoms with Crippen LogP contribution in [-0.4, -0.2) is 12.6 Å². The van der Waals surface area contributed by atoms with Gasteiger partial charge in [0.05, 0.1) is 0 Å². The van der Waals surface area contributed by atoms with Crippen molar-refractivity contribution in [1.29, 1.82) is 0 Å². The Bertz CT molecular complexity index is 557. The smallest absolute Gasteiger partial charge is 0.123 e. The molecule has 2 atom stereocenters. The molecule has 0 saturated carbocycles. The molecule has 2 aromatic rings. The average Bonchev–Trinajstić information content (AvgIpc) is 2.88. The Morgan fingerprint density at radius 3 is 2.70 bits per heavy atom. The van der Waals surface area contributed by atoms with Crippen molar-refractivity contribution in [2.24, 2.45) is 0 Å². The molecule has 104 valence electrons. The standard InChI is InChI=1S/C17H18BrNO/c1-12(13-6-8-15(18)9-7-13)19-11-16-10-14-4-2-3-5-17(14)20-16/h2-9,12,16,19H,10-11H2,1H3/t12-,16?/m0/s1. The number of hydrogen-bond donors (Lipinski definition) is 1. The van der Waals surface area contributed by atoms with Crippen molar-refractivity contribution < 1.29 is 4.74 Å². The fraction of sp³-hybridized carbons (Fsp3) is 0.294. The lowest BCUT2D eigenvalue weighted by Gasteiger charge is -2.17. The first-order valence-corrected chi connectivity index (χ1v) is 7.75. The van der Waals surface area contributed by atoms with Crippen molar-refractivity contribution in [3.8, 4) is 5.75 Å². The number of halogens is 1. The normalized spacial score (nSPS) is 18.4. The first-order valence-electron chi connectivity index (χ1n) is 6.96. The molecule has 3 heteroatoms. The molecule has 20 heavy (non-hydrogen) atoms. The lowest BCUT2D eigenvalue weighted by atomic mass is 10.1. The molecule has 1 aliphatic heterocycles. The molecule has 0 amide bonds. The summed E-state index contributed by atoms with van der Waals surface area (Å²) in [6, 6.07) is 17.1. The highest BCUT2D eigenvalue weighted by Crippen LogP contribution is 2.28. The molecule has 2 nitrogen and oxygen atoms in total. The van der Waals surface area contributed by atoms with Crippen LogP contribution in [-0.2, 0) is 6.42 Å². The van der Waals surface area contributed by atoms with Crippen molar-refractivity contribution in [3.63, 3.8) is 0 Å². The third-order valence-electron chi connectivity index (χ3n) is 3.74. The second kappa shape index (κ2) is 5.98. The van der Waals surface area contributed by atoms with Crippen molar-refractivity contribution in [2.45, 2.75) is 25.5 Å². The number of fused-ring (bicyclic) bond motifs is 1. The Balaban J connectivity index is 1.55. The Morgan fingerprint density at radius 2 is 1.95 bits per heavy atom. The van der Waals surface area contributed by atoms with Crippen molar-refractivity contribution >= 4 is 15.9 Å². The van der Waals surface area contributed by atoms with Gasteiger partial charge in [0, 0.05) is 23.5 Å². The van der Waals surface area contributed by atoms with Gasteiger partial charge in [-0.1, -0.05) is 46.3 Å². The molecule has 0 aromatic heterocycles. The maximum absolute atomic E-state index is 5.94. The predicted octanol–water partition coefficient (Wildman–Crippen LogP) is 4.10. The molecule has 0 aliphatic carbocycles. The zero-order valence-electron chi connectivity index (χ0n) is 11.5. The van der Waals surface area contributed by atoms with Gasteiger partial charge in [-0.25, -0.2) is 0 Å². The van der Waals surface area contributed by atoms with E-state index in [1.54, 1.807) is 0 Å². The molecule has 2 aromatic carbocycles. The van der Waals surface area contributed by atoms with E-state index in [4.69, 9.17) is 4.74 Å². The number of benzene rings is 2. The highest BCUT2D eigenvalue weighted by Gasteiger charge is 2.22. The molecule has 0 saturated heterocycles. The first kappa shape index (κ1) is 13.7. The molecule has 3 rings (SSSR count). The van der Waals surface area contributed by atoms with E-state index in [9.17, 15) is 0 Å². The molecule has 0 radical (unpaired) electrons. The summed E-state index contributed by atoms with van der Waals surface area (Å²) in [4.78, 5) is 0. The molecule has 1 N–H and O–H groups in total. The van der Waals surface area contributed by atoms with Gasteiger partial charge in [0.1, 0.15) is 11.9 Å². The van der Waals surface area contributed by atoms with Crippen LogP contribution in [0.2, 0.25) is 0 Å². The molecule has 0 spiro atoms. The lowest BCUT2D eigenvalue weighted by Crippen LogP contribution is -2.31. The van der Waals surface area contributed by atoms with Crippen LogP contribution < -0.4 is 10.1 Å². The predicted molar refractivity (Wildman–Crippen MR) is 85.1 cm³/mol. The maximum atomic E-state index is 5.94. The van der Waals surface area contributed by atoms with E-state index in [2.05, 4.69) is 64.6 Å². The Hall–Kier alpha value is -1.32. The maximum Gasteiger partial charge on any atom is 0.123 e. The van der Waals surface area contributed by atoms with Crippen LogP contribution in [0, 0.1) is 0 Å². The topological polar surface area (TPSA) is 21.3 Å². The van der Waals surface area contributed by atoms with Crippen molar-refractivity contribution in [3.05, 3.63) is 64.1 Å². The molecular formula is C17H18BrNO. The molecule has 0 fully saturated rings. The Morgan fingerprint density at radius 1 is 1.20 bits per heavy atom. The quantitative estimate of drug-likeness (QED) is 0.910. The summed E-state index contributed by atoms with van der Waals surface area (Å²) in [6.45, 7) is 3.05. The summed E-state index contributed by atoms with van der Waals surface area (Å²) >= 11 is 3.46. The minimum absolute atomic E-state index is 0.241. The zero-order chi connectivity index (χ0) is 13.9. The lowest BCUT2D eigenvalue weighted by molar-refractivity contribution is 0.222. The van der Waals surface area contributed by atoms with E-state index in [1.807, 2.05) is 12.1 Å². The van der Waals surface area contributed by atoms with Crippen molar-refractivity contribution in [1.82, 2.24) is 5.32 Å². The van der Waals surface area contributed by atoms with Crippen molar-refractivity contribution in [2.75, 3.05) is 6.54 Å². The molecule has 1 heterocycles. The van der Waals surface area contributed by atoms with Crippen LogP contribution in [0.15, 0.2) is 53.0 Å².